The lowest BCUT2D eigenvalue weighted by molar-refractivity contribution is 0.251. The highest BCUT2D eigenvalue weighted by molar-refractivity contribution is 5.06. The second-order valence-electron chi connectivity index (χ2n) is 4.67. The smallest absolute Gasteiger partial charge is 0.00105 e. The molecule has 2 fully saturated rings. The third-order valence-electron chi connectivity index (χ3n) is 3.68. The quantitative estimate of drug-likeness (QED) is 0.661. The van der Waals surface area contributed by atoms with Gasteiger partial charge in [0.15, 0.2) is 0 Å². The maximum absolute atomic E-state index is 5.72. The minimum absolute atomic E-state index is 0.424. The molecule has 0 amide bonds. The molecule has 0 aromatic carbocycles. The molecule has 0 heterocycles. The van der Waals surface area contributed by atoms with Crippen LogP contribution in [0, 0.1) is 11.3 Å². The van der Waals surface area contributed by atoms with Crippen molar-refractivity contribution < 1.29 is 0 Å². The summed E-state index contributed by atoms with van der Waals surface area (Å²) in [7, 11) is 0. The average Bonchev–Trinajstić information content (AvgIpc) is 2.55. The van der Waals surface area contributed by atoms with Crippen LogP contribution in [0.2, 0.25) is 0 Å². The highest BCUT2D eigenvalue weighted by atomic mass is 14.6. The lowest BCUT2D eigenvalue weighted by Crippen LogP contribution is -2.18. The Bertz CT molecular complexity index is 147. The Morgan fingerprint density at radius 2 is 2.27 bits per heavy atom. The Kier molecular flexibility index (Phi) is 1.71. The Morgan fingerprint density at radius 1 is 1.55 bits per heavy atom. The molecule has 1 heteroatoms. The maximum Gasteiger partial charge on any atom is 0.00105 e. The van der Waals surface area contributed by atoms with Crippen LogP contribution in [0.25, 0.3) is 0 Å². The minimum atomic E-state index is 0.424. The molecule has 2 N–H and O–H groups in total. The van der Waals surface area contributed by atoms with E-state index >= 15 is 0 Å². The third-order valence-corrected chi connectivity index (χ3v) is 3.68. The van der Waals surface area contributed by atoms with Crippen LogP contribution in [0.15, 0.2) is 0 Å². The zero-order chi connectivity index (χ0) is 7.90. The predicted octanol–water partition coefficient (Wildman–Crippen LogP) is 2.30. The predicted molar refractivity (Wildman–Crippen MR) is 47.3 cm³/mol. The van der Waals surface area contributed by atoms with E-state index < -0.39 is 0 Å². The molecule has 0 saturated heterocycles. The number of hydrogen-bond acceptors (Lipinski definition) is 1. The molecule has 2 saturated carbocycles. The van der Waals surface area contributed by atoms with Crippen molar-refractivity contribution in [1.29, 1.82) is 0 Å². The van der Waals surface area contributed by atoms with Gasteiger partial charge >= 0.3 is 0 Å². The molecular weight excluding hydrogens is 134 g/mol. The molecule has 2 aliphatic carbocycles. The van der Waals surface area contributed by atoms with Gasteiger partial charge in [0.1, 0.15) is 0 Å². The summed E-state index contributed by atoms with van der Waals surface area (Å²) >= 11 is 0. The Morgan fingerprint density at radius 3 is 2.64 bits per heavy atom. The van der Waals surface area contributed by atoms with Gasteiger partial charge in [-0.15, -0.1) is 0 Å². The zero-order valence-corrected chi connectivity index (χ0v) is 7.47. The van der Waals surface area contributed by atoms with Crippen LogP contribution in [0.4, 0.5) is 0 Å². The van der Waals surface area contributed by atoms with Gasteiger partial charge < -0.3 is 5.73 Å². The molecule has 2 unspecified atom stereocenters. The highest BCUT2D eigenvalue weighted by Crippen LogP contribution is 2.66. The van der Waals surface area contributed by atoms with E-state index in [9.17, 15) is 0 Å². The molecule has 0 aromatic heterocycles. The molecule has 0 aromatic rings. The van der Waals surface area contributed by atoms with Gasteiger partial charge in [0.25, 0.3) is 0 Å². The van der Waals surface area contributed by atoms with Crippen molar-refractivity contribution in [2.45, 2.75) is 51.5 Å². The summed E-state index contributed by atoms with van der Waals surface area (Å²) in [5, 5.41) is 0. The van der Waals surface area contributed by atoms with Gasteiger partial charge in [-0.3, -0.25) is 0 Å². The van der Waals surface area contributed by atoms with Crippen molar-refractivity contribution in [3.63, 3.8) is 0 Å². The summed E-state index contributed by atoms with van der Waals surface area (Å²) in [5.41, 5.74) is 6.59. The largest absolute Gasteiger partial charge is 0.328 e. The first-order valence-electron chi connectivity index (χ1n) is 4.98. The van der Waals surface area contributed by atoms with Crippen molar-refractivity contribution >= 4 is 0 Å². The summed E-state index contributed by atoms with van der Waals surface area (Å²) in [6.45, 7) is 2.12. The Balaban J connectivity index is 1.67. The third kappa shape index (κ3) is 1.31. The van der Waals surface area contributed by atoms with Crippen LogP contribution in [0.5, 0.6) is 0 Å². The Labute approximate surface area is 69.4 Å². The highest BCUT2D eigenvalue weighted by Gasteiger charge is 2.56. The molecule has 1 spiro atoms. The van der Waals surface area contributed by atoms with E-state index in [1.54, 1.807) is 0 Å². The van der Waals surface area contributed by atoms with E-state index in [2.05, 4.69) is 6.92 Å². The molecule has 2 rings (SSSR count). The lowest BCUT2D eigenvalue weighted by Gasteiger charge is -2.26. The molecule has 11 heavy (non-hydrogen) atoms. The van der Waals surface area contributed by atoms with E-state index in [0.717, 1.165) is 11.3 Å². The average molecular weight is 153 g/mol. The summed E-state index contributed by atoms with van der Waals surface area (Å²) < 4.78 is 0. The summed E-state index contributed by atoms with van der Waals surface area (Å²) in [6.07, 6.45) is 8.71. The minimum Gasteiger partial charge on any atom is -0.328 e. The first-order valence-corrected chi connectivity index (χ1v) is 4.98. The van der Waals surface area contributed by atoms with E-state index in [0.29, 0.717) is 6.04 Å². The lowest BCUT2D eigenvalue weighted by atomic mass is 9.79. The van der Waals surface area contributed by atoms with Gasteiger partial charge in [-0.25, -0.2) is 0 Å². The first-order chi connectivity index (χ1) is 5.23. The number of nitrogens with two attached hydrogens (primary N) is 1. The van der Waals surface area contributed by atoms with Gasteiger partial charge in [0.05, 0.1) is 0 Å². The molecular formula is C10H19N. The number of hydrogen-bond donors (Lipinski definition) is 1. The van der Waals surface area contributed by atoms with Gasteiger partial charge in [-0.1, -0.05) is 6.42 Å². The van der Waals surface area contributed by atoms with E-state index in [1.165, 1.54) is 38.5 Å². The maximum atomic E-state index is 5.72. The summed E-state index contributed by atoms with van der Waals surface area (Å²) in [4.78, 5) is 0. The SMILES string of the molecule is CC(N)CCC1CC12CCC2. The van der Waals surface area contributed by atoms with Gasteiger partial charge in [-0.05, 0) is 50.4 Å². The van der Waals surface area contributed by atoms with Gasteiger partial charge in [0.2, 0.25) is 0 Å². The molecule has 0 radical (unpaired) electrons. The van der Waals surface area contributed by atoms with E-state index in [-0.39, 0.29) is 0 Å². The molecule has 2 aliphatic rings. The van der Waals surface area contributed by atoms with Crippen LogP contribution in [0.3, 0.4) is 0 Å². The monoisotopic (exact) mass is 153 g/mol. The van der Waals surface area contributed by atoms with Crippen LogP contribution in [0.1, 0.15) is 45.4 Å². The molecule has 0 bridgehead atoms. The van der Waals surface area contributed by atoms with Gasteiger partial charge in [0, 0.05) is 6.04 Å². The molecule has 0 aliphatic heterocycles. The van der Waals surface area contributed by atoms with Crippen molar-refractivity contribution in [1.82, 2.24) is 0 Å². The van der Waals surface area contributed by atoms with Crippen LogP contribution >= 0.6 is 0 Å². The van der Waals surface area contributed by atoms with E-state index in [1.807, 2.05) is 0 Å². The molecule has 2 atom stereocenters. The second kappa shape index (κ2) is 2.48. The summed E-state index contributed by atoms with van der Waals surface area (Å²) in [5.74, 6) is 1.07. The van der Waals surface area contributed by atoms with Crippen molar-refractivity contribution in [3.05, 3.63) is 0 Å². The van der Waals surface area contributed by atoms with Crippen LogP contribution < -0.4 is 5.73 Å². The summed E-state index contributed by atoms with van der Waals surface area (Å²) in [6, 6.07) is 0.424. The van der Waals surface area contributed by atoms with Crippen molar-refractivity contribution in [2.75, 3.05) is 0 Å². The molecule has 1 nitrogen and oxygen atoms in total. The topological polar surface area (TPSA) is 26.0 Å². The normalized spacial score (nSPS) is 34.9. The van der Waals surface area contributed by atoms with Crippen LogP contribution in [-0.4, -0.2) is 6.04 Å². The molecule has 64 valence electrons. The van der Waals surface area contributed by atoms with Crippen LogP contribution in [-0.2, 0) is 0 Å². The fourth-order valence-corrected chi connectivity index (χ4v) is 2.55. The first kappa shape index (κ1) is 7.60. The van der Waals surface area contributed by atoms with Crippen molar-refractivity contribution in [3.8, 4) is 0 Å². The Hall–Kier alpha value is -0.0400. The number of rotatable bonds is 3. The van der Waals surface area contributed by atoms with Gasteiger partial charge in [-0.2, -0.15) is 0 Å². The van der Waals surface area contributed by atoms with E-state index in [4.69, 9.17) is 5.73 Å². The zero-order valence-electron chi connectivity index (χ0n) is 7.47. The second-order valence-corrected chi connectivity index (χ2v) is 4.67. The fraction of sp³-hybridized carbons (Fsp3) is 1.00. The standard InChI is InChI=1S/C10H19N/c1-8(11)3-4-9-7-10(9)5-2-6-10/h8-9H,2-7,11H2,1H3. The van der Waals surface area contributed by atoms with Crippen molar-refractivity contribution in [2.24, 2.45) is 17.1 Å². The fourth-order valence-electron chi connectivity index (χ4n) is 2.55.